The van der Waals surface area contributed by atoms with E-state index in [0.29, 0.717) is 18.1 Å². The van der Waals surface area contributed by atoms with E-state index in [4.69, 9.17) is 4.99 Å². The fourth-order valence-electron chi connectivity index (χ4n) is 3.09. The SMILES string of the molecule is C=CC(=O)Nc1cccc(Cn2ncc(C=C)c2N=C(Nc2cnn(C)c2)C(C)CC)c1. The van der Waals surface area contributed by atoms with Gasteiger partial charge < -0.3 is 10.6 Å². The first-order valence-electron chi connectivity index (χ1n) is 10.5. The molecule has 0 fully saturated rings. The summed E-state index contributed by atoms with van der Waals surface area (Å²) in [6.45, 7) is 12.1. The van der Waals surface area contributed by atoms with E-state index in [-0.39, 0.29) is 11.8 Å². The van der Waals surface area contributed by atoms with Crippen LogP contribution in [0.4, 0.5) is 17.2 Å². The Morgan fingerprint density at radius 1 is 1.22 bits per heavy atom. The number of amidine groups is 1. The second-order valence-corrected chi connectivity index (χ2v) is 7.51. The highest BCUT2D eigenvalue weighted by atomic mass is 16.1. The maximum absolute atomic E-state index is 11.6. The van der Waals surface area contributed by atoms with Crippen molar-refractivity contribution in [2.45, 2.75) is 26.8 Å². The molecule has 0 aliphatic heterocycles. The van der Waals surface area contributed by atoms with Gasteiger partial charge in [-0.3, -0.25) is 9.48 Å². The van der Waals surface area contributed by atoms with Crippen LogP contribution >= 0.6 is 0 Å². The Morgan fingerprint density at radius 3 is 2.69 bits per heavy atom. The van der Waals surface area contributed by atoms with E-state index in [1.54, 1.807) is 23.2 Å². The first-order chi connectivity index (χ1) is 15.4. The zero-order valence-corrected chi connectivity index (χ0v) is 18.7. The highest BCUT2D eigenvalue weighted by molar-refractivity contribution is 5.99. The lowest BCUT2D eigenvalue weighted by atomic mass is 10.1. The summed E-state index contributed by atoms with van der Waals surface area (Å²) in [5, 5.41) is 14.9. The van der Waals surface area contributed by atoms with Crippen molar-refractivity contribution in [1.82, 2.24) is 19.6 Å². The predicted molar refractivity (Wildman–Crippen MR) is 130 cm³/mol. The van der Waals surface area contributed by atoms with Crippen molar-refractivity contribution >= 4 is 35.0 Å². The van der Waals surface area contributed by atoms with Crippen LogP contribution in [0.1, 0.15) is 31.4 Å². The minimum absolute atomic E-state index is 0.202. The molecule has 0 radical (unpaired) electrons. The van der Waals surface area contributed by atoms with Crippen LogP contribution in [0.2, 0.25) is 0 Å². The molecule has 0 aliphatic carbocycles. The van der Waals surface area contributed by atoms with Gasteiger partial charge in [0.25, 0.3) is 0 Å². The summed E-state index contributed by atoms with van der Waals surface area (Å²) in [7, 11) is 1.88. The molecule has 2 N–H and O–H groups in total. The maximum atomic E-state index is 11.6. The van der Waals surface area contributed by atoms with Crippen LogP contribution in [0.3, 0.4) is 0 Å². The average molecular weight is 432 g/mol. The third-order valence-electron chi connectivity index (χ3n) is 5.05. The number of anilines is 2. The lowest BCUT2D eigenvalue weighted by Crippen LogP contribution is -2.20. The first kappa shape index (κ1) is 22.7. The number of carbonyl (C=O) groups is 1. The molecule has 0 saturated heterocycles. The van der Waals surface area contributed by atoms with Gasteiger partial charge in [0.2, 0.25) is 5.91 Å². The largest absolute Gasteiger partial charge is 0.341 e. The van der Waals surface area contributed by atoms with E-state index in [1.807, 2.05) is 42.2 Å². The van der Waals surface area contributed by atoms with Crippen molar-refractivity contribution in [2.24, 2.45) is 18.0 Å². The number of carbonyl (C=O) groups excluding carboxylic acids is 1. The normalized spacial score (nSPS) is 12.3. The van der Waals surface area contributed by atoms with Crippen molar-refractivity contribution < 1.29 is 4.79 Å². The number of amides is 1. The van der Waals surface area contributed by atoms with Crippen LogP contribution in [0, 0.1) is 5.92 Å². The minimum atomic E-state index is -0.250. The molecule has 0 saturated carbocycles. The Kier molecular flexibility index (Phi) is 7.38. The number of nitrogens with one attached hydrogen (secondary N) is 2. The molecule has 0 aliphatic rings. The molecule has 1 amide bonds. The first-order valence-corrected chi connectivity index (χ1v) is 10.5. The summed E-state index contributed by atoms with van der Waals surface area (Å²) in [4.78, 5) is 16.6. The Balaban J connectivity index is 1.94. The summed E-state index contributed by atoms with van der Waals surface area (Å²) in [6.07, 6.45) is 9.36. The highest BCUT2D eigenvalue weighted by Gasteiger charge is 2.15. The molecule has 166 valence electrons. The number of nitrogens with zero attached hydrogens (tertiary/aromatic N) is 5. The fourth-order valence-corrected chi connectivity index (χ4v) is 3.09. The van der Waals surface area contributed by atoms with E-state index in [1.165, 1.54) is 6.08 Å². The number of hydrogen-bond acceptors (Lipinski definition) is 4. The van der Waals surface area contributed by atoms with Crippen molar-refractivity contribution in [3.63, 3.8) is 0 Å². The monoisotopic (exact) mass is 431 g/mol. The molecule has 8 nitrogen and oxygen atoms in total. The van der Waals surface area contributed by atoms with Gasteiger partial charge in [-0.2, -0.15) is 10.2 Å². The zero-order valence-electron chi connectivity index (χ0n) is 18.7. The second kappa shape index (κ2) is 10.4. The summed E-state index contributed by atoms with van der Waals surface area (Å²) in [5.74, 6) is 1.50. The van der Waals surface area contributed by atoms with Gasteiger partial charge in [-0.25, -0.2) is 9.67 Å². The van der Waals surface area contributed by atoms with Gasteiger partial charge in [-0.05, 0) is 30.2 Å². The molecule has 1 atom stereocenters. The third kappa shape index (κ3) is 5.60. The van der Waals surface area contributed by atoms with Gasteiger partial charge in [0.1, 0.15) is 5.84 Å². The third-order valence-corrected chi connectivity index (χ3v) is 5.05. The molecular formula is C24H29N7O. The predicted octanol–water partition coefficient (Wildman–Crippen LogP) is 4.62. The maximum Gasteiger partial charge on any atom is 0.247 e. The Bertz CT molecular complexity index is 1140. The molecule has 0 bridgehead atoms. The van der Waals surface area contributed by atoms with Gasteiger partial charge in [0.15, 0.2) is 5.82 Å². The number of aryl methyl sites for hydroxylation is 1. The number of rotatable bonds is 9. The molecule has 32 heavy (non-hydrogen) atoms. The van der Waals surface area contributed by atoms with Crippen LogP contribution in [0.25, 0.3) is 6.08 Å². The van der Waals surface area contributed by atoms with Crippen molar-refractivity contribution in [3.8, 4) is 0 Å². The van der Waals surface area contributed by atoms with Crippen molar-refractivity contribution in [1.29, 1.82) is 0 Å². The standard InChI is InChI=1S/C24H29N7O/c1-6-17(4)23(28-21-14-25-30(5)16-21)29-24-19(7-2)13-26-31(24)15-18-10-9-11-20(12-18)27-22(32)8-3/h7-14,16-17H,2-3,6,15H2,1,4-5H3,(H,27,32)(H,28,29). The number of aliphatic imine (C=N–C) groups is 1. The zero-order chi connectivity index (χ0) is 23.1. The quantitative estimate of drug-likeness (QED) is 0.294. The molecule has 3 rings (SSSR count). The van der Waals surface area contributed by atoms with E-state index in [0.717, 1.165) is 29.1 Å². The smallest absolute Gasteiger partial charge is 0.247 e. The van der Waals surface area contributed by atoms with Gasteiger partial charge in [0.05, 0.1) is 24.6 Å². The van der Waals surface area contributed by atoms with Crippen LogP contribution in [0.5, 0.6) is 0 Å². The van der Waals surface area contributed by atoms with E-state index >= 15 is 0 Å². The summed E-state index contributed by atoms with van der Waals surface area (Å²) in [5.41, 5.74) is 3.40. The van der Waals surface area contributed by atoms with Gasteiger partial charge in [-0.1, -0.05) is 45.2 Å². The summed E-state index contributed by atoms with van der Waals surface area (Å²) < 4.78 is 3.58. The molecule has 1 unspecified atom stereocenters. The van der Waals surface area contributed by atoms with Crippen molar-refractivity contribution in [3.05, 3.63) is 73.2 Å². The molecule has 2 heterocycles. The van der Waals surface area contributed by atoms with Gasteiger partial charge in [0, 0.05) is 30.4 Å². The highest BCUT2D eigenvalue weighted by Crippen LogP contribution is 2.24. The minimum Gasteiger partial charge on any atom is -0.341 e. The molecule has 3 aromatic rings. The van der Waals surface area contributed by atoms with E-state index in [9.17, 15) is 4.79 Å². The second-order valence-electron chi connectivity index (χ2n) is 7.51. The topological polar surface area (TPSA) is 89.1 Å². The average Bonchev–Trinajstić information content (AvgIpc) is 3.38. The molecular weight excluding hydrogens is 402 g/mol. The lowest BCUT2D eigenvalue weighted by Gasteiger charge is -2.15. The molecule has 0 spiro atoms. The lowest BCUT2D eigenvalue weighted by molar-refractivity contribution is -0.111. The Labute approximate surface area is 188 Å². The molecule has 8 heteroatoms. The van der Waals surface area contributed by atoms with Crippen LogP contribution < -0.4 is 10.6 Å². The molecule has 2 aromatic heterocycles. The van der Waals surface area contributed by atoms with Gasteiger partial charge >= 0.3 is 0 Å². The Hall–Kier alpha value is -3.94. The molecule has 1 aromatic carbocycles. The van der Waals surface area contributed by atoms with E-state index in [2.05, 4.69) is 47.8 Å². The summed E-state index contributed by atoms with van der Waals surface area (Å²) in [6, 6.07) is 7.62. The number of aromatic nitrogens is 4. The fraction of sp³-hybridized carbons (Fsp3) is 0.250. The number of benzene rings is 1. The Morgan fingerprint density at radius 2 is 2.03 bits per heavy atom. The van der Waals surface area contributed by atoms with Gasteiger partial charge in [-0.15, -0.1) is 0 Å². The van der Waals surface area contributed by atoms with Crippen LogP contribution in [-0.4, -0.2) is 31.3 Å². The van der Waals surface area contributed by atoms with Crippen molar-refractivity contribution in [2.75, 3.05) is 10.6 Å². The van der Waals surface area contributed by atoms with Crippen LogP contribution in [0.15, 0.2) is 67.1 Å². The van der Waals surface area contributed by atoms with E-state index < -0.39 is 0 Å². The van der Waals surface area contributed by atoms with Crippen LogP contribution in [-0.2, 0) is 18.4 Å². The summed E-state index contributed by atoms with van der Waals surface area (Å²) >= 11 is 0. The number of hydrogen-bond donors (Lipinski definition) is 2.